The van der Waals surface area contributed by atoms with Crippen LogP contribution in [0.5, 0.6) is 5.75 Å². The van der Waals surface area contributed by atoms with Gasteiger partial charge in [0.1, 0.15) is 10.8 Å². The molecule has 1 N–H and O–H groups in total. The van der Waals surface area contributed by atoms with Gasteiger partial charge in [0, 0.05) is 13.0 Å². The van der Waals surface area contributed by atoms with Gasteiger partial charge in [-0.15, -0.1) is 10.2 Å². The number of nitrogens with zero attached hydrogens (tertiary/aromatic N) is 2. The van der Waals surface area contributed by atoms with Crippen molar-refractivity contribution in [1.82, 2.24) is 10.2 Å². The van der Waals surface area contributed by atoms with Gasteiger partial charge in [-0.3, -0.25) is 4.79 Å². The molecule has 0 bridgehead atoms. The lowest BCUT2D eigenvalue weighted by atomic mass is 10.3. The van der Waals surface area contributed by atoms with Gasteiger partial charge in [0.2, 0.25) is 5.13 Å². The number of benzene rings is 1. The van der Waals surface area contributed by atoms with E-state index in [1.54, 1.807) is 0 Å². The van der Waals surface area contributed by atoms with Gasteiger partial charge >= 0.3 is 5.97 Å². The van der Waals surface area contributed by atoms with E-state index < -0.39 is 0 Å². The maximum atomic E-state index is 11.0. The molecule has 0 aliphatic carbocycles. The minimum Gasteiger partial charge on any atom is -0.493 e. The number of aromatic nitrogens is 2. The highest BCUT2D eigenvalue weighted by Gasteiger charge is 2.05. The van der Waals surface area contributed by atoms with Crippen LogP contribution in [-0.4, -0.2) is 36.4 Å². The molecule has 2 aromatic rings. The molecule has 2 rings (SSSR count). The summed E-state index contributed by atoms with van der Waals surface area (Å²) < 4.78 is 10.2. The zero-order valence-corrected chi connectivity index (χ0v) is 12.6. The molecular weight excluding hydrogens is 290 g/mol. The van der Waals surface area contributed by atoms with Crippen LogP contribution in [0.25, 0.3) is 0 Å². The number of carbonyl (C=O) groups is 1. The first-order chi connectivity index (χ1) is 10.3. The van der Waals surface area contributed by atoms with E-state index in [0.717, 1.165) is 10.8 Å². The second-order valence-corrected chi connectivity index (χ2v) is 5.23. The largest absolute Gasteiger partial charge is 0.493 e. The minimum absolute atomic E-state index is 0.247. The van der Waals surface area contributed by atoms with Crippen molar-refractivity contribution >= 4 is 22.4 Å². The maximum absolute atomic E-state index is 11.0. The van der Waals surface area contributed by atoms with Crippen LogP contribution in [0.3, 0.4) is 0 Å². The molecule has 112 valence electrons. The summed E-state index contributed by atoms with van der Waals surface area (Å²) in [7, 11) is 1.37. The van der Waals surface area contributed by atoms with Crippen molar-refractivity contribution in [3.8, 4) is 5.75 Å². The fourth-order valence-electron chi connectivity index (χ4n) is 1.57. The van der Waals surface area contributed by atoms with Crippen molar-refractivity contribution in [2.75, 3.05) is 25.6 Å². The fraction of sp³-hybridized carbons (Fsp3) is 0.357. The van der Waals surface area contributed by atoms with Crippen LogP contribution < -0.4 is 10.1 Å². The Hall–Kier alpha value is -2.15. The summed E-state index contributed by atoms with van der Waals surface area (Å²) in [6, 6.07) is 9.65. The number of para-hydroxylation sites is 1. The number of methoxy groups -OCH3 is 1. The summed E-state index contributed by atoms with van der Waals surface area (Å²) in [6.45, 7) is 1.04. The van der Waals surface area contributed by atoms with Crippen molar-refractivity contribution in [2.24, 2.45) is 0 Å². The molecule has 6 nitrogen and oxygen atoms in total. The highest BCUT2D eigenvalue weighted by Crippen LogP contribution is 2.16. The predicted octanol–water partition coefficient (Wildman–Crippen LogP) is 2.13. The minimum atomic E-state index is -0.247. The van der Waals surface area contributed by atoms with Crippen molar-refractivity contribution in [3.63, 3.8) is 0 Å². The Bertz CT molecular complexity index is 560. The summed E-state index contributed by atoms with van der Waals surface area (Å²) in [5.74, 6) is 0.599. The lowest BCUT2D eigenvalue weighted by Gasteiger charge is -2.03. The lowest BCUT2D eigenvalue weighted by molar-refractivity contribution is -0.140. The molecule has 0 fully saturated rings. The number of rotatable bonds is 8. The van der Waals surface area contributed by atoms with E-state index in [-0.39, 0.29) is 5.97 Å². The van der Waals surface area contributed by atoms with E-state index in [2.05, 4.69) is 20.3 Å². The molecule has 0 saturated heterocycles. The standard InChI is InChI=1S/C14H17N3O3S/c1-19-13(18)7-9-15-14-17-16-12(21-14)8-10-20-11-5-3-2-4-6-11/h2-6H,7-10H2,1H3,(H,15,17). The fourth-order valence-corrected chi connectivity index (χ4v) is 2.32. The average Bonchev–Trinajstić information content (AvgIpc) is 2.96. The number of ether oxygens (including phenoxy) is 2. The Morgan fingerprint density at radius 1 is 1.29 bits per heavy atom. The molecule has 0 aliphatic heterocycles. The van der Waals surface area contributed by atoms with E-state index in [0.29, 0.717) is 31.1 Å². The molecule has 21 heavy (non-hydrogen) atoms. The molecule has 1 aromatic carbocycles. The van der Waals surface area contributed by atoms with Gasteiger partial charge in [-0.05, 0) is 12.1 Å². The summed E-state index contributed by atoms with van der Waals surface area (Å²) >= 11 is 1.46. The van der Waals surface area contributed by atoms with Crippen LogP contribution in [-0.2, 0) is 16.0 Å². The molecule has 0 amide bonds. The molecule has 0 spiro atoms. The van der Waals surface area contributed by atoms with E-state index in [1.165, 1.54) is 18.4 Å². The third-order valence-electron chi connectivity index (χ3n) is 2.63. The smallest absolute Gasteiger partial charge is 0.307 e. The predicted molar refractivity (Wildman–Crippen MR) is 80.7 cm³/mol. The van der Waals surface area contributed by atoms with Crippen LogP contribution in [0, 0.1) is 0 Å². The zero-order chi connectivity index (χ0) is 14.9. The molecule has 0 aliphatic rings. The van der Waals surface area contributed by atoms with Crippen LogP contribution in [0.15, 0.2) is 30.3 Å². The molecule has 0 atom stereocenters. The normalized spacial score (nSPS) is 10.1. The Labute approximate surface area is 127 Å². The average molecular weight is 307 g/mol. The summed E-state index contributed by atoms with van der Waals surface area (Å²) in [5, 5.41) is 12.7. The Kier molecular flexibility index (Phi) is 5.96. The molecule has 1 heterocycles. The Morgan fingerprint density at radius 2 is 2.10 bits per heavy atom. The van der Waals surface area contributed by atoms with Gasteiger partial charge in [-0.2, -0.15) is 0 Å². The quantitative estimate of drug-likeness (QED) is 0.753. The number of anilines is 1. The van der Waals surface area contributed by atoms with Gasteiger partial charge in [0.05, 0.1) is 20.1 Å². The van der Waals surface area contributed by atoms with E-state index >= 15 is 0 Å². The van der Waals surface area contributed by atoms with Crippen molar-refractivity contribution in [1.29, 1.82) is 0 Å². The first kappa shape index (κ1) is 15.2. The van der Waals surface area contributed by atoms with Crippen molar-refractivity contribution < 1.29 is 14.3 Å². The summed E-state index contributed by atoms with van der Waals surface area (Å²) in [5.41, 5.74) is 0. The third kappa shape index (κ3) is 5.39. The highest BCUT2D eigenvalue weighted by molar-refractivity contribution is 7.15. The Balaban J connectivity index is 1.69. The van der Waals surface area contributed by atoms with Crippen molar-refractivity contribution in [3.05, 3.63) is 35.3 Å². The van der Waals surface area contributed by atoms with Gasteiger partial charge < -0.3 is 14.8 Å². The van der Waals surface area contributed by atoms with Gasteiger partial charge in [-0.1, -0.05) is 29.5 Å². The number of carbonyl (C=O) groups excluding carboxylic acids is 1. The van der Waals surface area contributed by atoms with Crippen LogP contribution in [0.4, 0.5) is 5.13 Å². The van der Waals surface area contributed by atoms with Crippen LogP contribution in [0.2, 0.25) is 0 Å². The lowest BCUT2D eigenvalue weighted by Crippen LogP contribution is -2.09. The second-order valence-electron chi connectivity index (χ2n) is 4.17. The van der Waals surface area contributed by atoms with Crippen LogP contribution >= 0.6 is 11.3 Å². The zero-order valence-electron chi connectivity index (χ0n) is 11.7. The monoisotopic (exact) mass is 307 g/mol. The van der Waals surface area contributed by atoms with Crippen molar-refractivity contribution in [2.45, 2.75) is 12.8 Å². The summed E-state index contributed by atoms with van der Waals surface area (Å²) in [4.78, 5) is 11.0. The molecule has 1 aromatic heterocycles. The SMILES string of the molecule is COC(=O)CCNc1nnc(CCOc2ccccc2)s1. The second kappa shape index (κ2) is 8.21. The Morgan fingerprint density at radius 3 is 2.86 bits per heavy atom. The van der Waals surface area contributed by atoms with E-state index in [4.69, 9.17) is 4.74 Å². The highest BCUT2D eigenvalue weighted by atomic mass is 32.1. The molecule has 7 heteroatoms. The molecule has 0 unspecified atom stereocenters. The van der Waals surface area contributed by atoms with E-state index in [9.17, 15) is 4.79 Å². The van der Waals surface area contributed by atoms with Gasteiger partial charge in [-0.25, -0.2) is 0 Å². The number of hydrogen-bond acceptors (Lipinski definition) is 7. The van der Waals surface area contributed by atoms with Gasteiger partial charge in [0.15, 0.2) is 0 Å². The summed E-state index contributed by atoms with van der Waals surface area (Å²) in [6.07, 6.45) is 1.01. The van der Waals surface area contributed by atoms with Gasteiger partial charge in [0.25, 0.3) is 0 Å². The first-order valence-electron chi connectivity index (χ1n) is 6.59. The third-order valence-corrected chi connectivity index (χ3v) is 3.57. The maximum Gasteiger partial charge on any atom is 0.307 e. The number of nitrogens with one attached hydrogen (secondary N) is 1. The molecular formula is C14H17N3O3S. The number of hydrogen-bond donors (Lipinski definition) is 1. The van der Waals surface area contributed by atoms with E-state index in [1.807, 2.05) is 30.3 Å². The number of esters is 1. The topological polar surface area (TPSA) is 73.3 Å². The molecule has 0 saturated carbocycles. The first-order valence-corrected chi connectivity index (χ1v) is 7.40. The van der Waals surface area contributed by atoms with Crippen LogP contribution in [0.1, 0.15) is 11.4 Å². The molecule has 0 radical (unpaired) electrons.